The minimum absolute atomic E-state index is 0.549. The van der Waals surface area contributed by atoms with E-state index in [0.29, 0.717) is 12.4 Å². The van der Waals surface area contributed by atoms with Crippen LogP contribution < -0.4 is 5.73 Å². The maximum absolute atomic E-state index is 5.50. The zero-order chi connectivity index (χ0) is 8.81. The van der Waals surface area contributed by atoms with Crippen molar-refractivity contribution in [3.63, 3.8) is 0 Å². The second-order valence-electron chi connectivity index (χ2n) is 2.64. The molecule has 1 heterocycles. The van der Waals surface area contributed by atoms with Gasteiger partial charge in [-0.25, -0.2) is 4.98 Å². The minimum Gasteiger partial charge on any atom is -0.384 e. The first-order chi connectivity index (χ1) is 5.83. The van der Waals surface area contributed by atoms with Gasteiger partial charge in [-0.3, -0.25) is 0 Å². The minimum atomic E-state index is 0.549. The first kappa shape index (κ1) is 9.00. The second kappa shape index (κ2) is 4.72. The highest BCUT2D eigenvalue weighted by Gasteiger charge is 1.93. The predicted octanol–water partition coefficient (Wildman–Crippen LogP) is 1.59. The fourth-order valence-corrected chi connectivity index (χ4v) is 0.919. The van der Waals surface area contributed by atoms with Crippen LogP contribution in [0.3, 0.4) is 0 Å². The molecule has 0 unspecified atom stereocenters. The molecule has 2 N–H and O–H groups in total. The van der Waals surface area contributed by atoms with Crippen LogP contribution in [0.1, 0.15) is 18.9 Å². The molecule has 0 aromatic carbocycles. The summed E-state index contributed by atoms with van der Waals surface area (Å²) in [6, 6.07) is 3.74. The summed E-state index contributed by atoms with van der Waals surface area (Å²) < 4.78 is 5.34. The van der Waals surface area contributed by atoms with Crippen LogP contribution in [0.2, 0.25) is 0 Å². The second-order valence-corrected chi connectivity index (χ2v) is 2.64. The fourth-order valence-electron chi connectivity index (χ4n) is 0.919. The lowest BCUT2D eigenvalue weighted by Gasteiger charge is -2.02. The van der Waals surface area contributed by atoms with Crippen LogP contribution in [0.25, 0.3) is 0 Å². The van der Waals surface area contributed by atoms with Gasteiger partial charge in [-0.1, -0.05) is 6.92 Å². The largest absolute Gasteiger partial charge is 0.384 e. The Morgan fingerprint density at radius 3 is 3.08 bits per heavy atom. The Kier molecular flexibility index (Phi) is 3.54. The molecule has 0 spiro atoms. The Bertz CT molecular complexity index is 238. The predicted molar refractivity (Wildman–Crippen MR) is 48.6 cm³/mol. The highest BCUT2D eigenvalue weighted by Crippen LogP contribution is 2.04. The van der Waals surface area contributed by atoms with Crippen LogP contribution in [0.15, 0.2) is 18.3 Å². The van der Waals surface area contributed by atoms with Gasteiger partial charge in [0.1, 0.15) is 5.82 Å². The molecule has 3 nitrogen and oxygen atoms in total. The molecule has 1 aromatic heterocycles. The number of nitrogens with zero attached hydrogens (tertiary/aromatic N) is 1. The summed E-state index contributed by atoms with van der Waals surface area (Å²) in [7, 11) is 0. The van der Waals surface area contributed by atoms with E-state index in [2.05, 4.69) is 11.9 Å². The quantitative estimate of drug-likeness (QED) is 0.691. The molecule has 66 valence electrons. The normalized spacial score (nSPS) is 10.1. The van der Waals surface area contributed by atoms with E-state index >= 15 is 0 Å². The first-order valence-electron chi connectivity index (χ1n) is 4.11. The lowest BCUT2D eigenvalue weighted by atomic mass is 10.3. The number of hydrogen-bond acceptors (Lipinski definition) is 3. The van der Waals surface area contributed by atoms with Gasteiger partial charge in [0.05, 0.1) is 6.61 Å². The van der Waals surface area contributed by atoms with Gasteiger partial charge in [0.2, 0.25) is 0 Å². The molecule has 0 saturated carbocycles. The van der Waals surface area contributed by atoms with Crippen molar-refractivity contribution in [2.45, 2.75) is 20.0 Å². The van der Waals surface area contributed by atoms with Crippen LogP contribution >= 0.6 is 0 Å². The van der Waals surface area contributed by atoms with Gasteiger partial charge in [-0.15, -0.1) is 0 Å². The summed E-state index contributed by atoms with van der Waals surface area (Å²) in [5.74, 6) is 0.549. The van der Waals surface area contributed by atoms with Gasteiger partial charge >= 0.3 is 0 Å². The molecule has 12 heavy (non-hydrogen) atoms. The van der Waals surface area contributed by atoms with Gasteiger partial charge in [-0.2, -0.15) is 0 Å². The standard InChI is InChI=1S/C9H14N2O/c1-2-5-12-7-8-3-4-11-9(10)6-8/h3-4,6H,2,5,7H2,1H3,(H2,10,11). The van der Waals surface area contributed by atoms with Crippen LogP contribution in [0.4, 0.5) is 5.82 Å². The SMILES string of the molecule is CCCOCc1ccnc(N)c1. The molecule has 0 amide bonds. The summed E-state index contributed by atoms with van der Waals surface area (Å²) in [5, 5.41) is 0. The Hall–Kier alpha value is -1.09. The Morgan fingerprint density at radius 2 is 2.42 bits per heavy atom. The number of hydrogen-bond donors (Lipinski definition) is 1. The van der Waals surface area contributed by atoms with Gasteiger partial charge in [0, 0.05) is 12.8 Å². The summed E-state index contributed by atoms with van der Waals surface area (Å²) >= 11 is 0. The van der Waals surface area contributed by atoms with Crippen molar-refractivity contribution in [1.82, 2.24) is 4.98 Å². The molecule has 0 bridgehead atoms. The molecule has 0 radical (unpaired) electrons. The smallest absolute Gasteiger partial charge is 0.123 e. The molecule has 3 heteroatoms. The molecule has 0 fully saturated rings. The van der Waals surface area contributed by atoms with Crippen molar-refractivity contribution < 1.29 is 4.74 Å². The van der Waals surface area contributed by atoms with Crippen molar-refractivity contribution in [3.8, 4) is 0 Å². The third kappa shape index (κ3) is 2.88. The third-order valence-electron chi connectivity index (χ3n) is 1.46. The number of pyridine rings is 1. The van der Waals surface area contributed by atoms with Crippen molar-refractivity contribution in [3.05, 3.63) is 23.9 Å². The average Bonchev–Trinajstić information content (AvgIpc) is 2.05. The molecule has 0 aliphatic carbocycles. The highest BCUT2D eigenvalue weighted by molar-refractivity contribution is 5.31. The molecule has 0 aliphatic rings. The van der Waals surface area contributed by atoms with Crippen molar-refractivity contribution in [2.75, 3.05) is 12.3 Å². The summed E-state index contributed by atoms with van der Waals surface area (Å²) in [6.45, 7) is 3.50. The zero-order valence-corrected chi connectivity index (χ0v) is 7.29. The number of anilines is 1. The third-order valence-corrected chi connectivity index (χ3v) is 1.46. The highest BCUT2D eigenvalue weighted by atomic mass is 16.5. The Morgan fingerprint density at radius 1 is 1.58 bits per heavy atom. The first-order valence-corrected chi connectivity index (χ1v) is 4.11. The molecule has 0 saturated heterocycles. The van der Waals surface area contributed by atoms with Crippen LogP contribution in [-0.4, -0.2) is 11.6 Å². The van der Waals surface area contributed by atoms with E-state index in [-0.39, 0.29) is 0 Å². The van der Waals surface area contributed by atoms with E-state index in [0.717, 1.165) is 18.6 Å². The molecule has 0 atom stereocenters. The van der Waals surface area contributed by atoms with Crippen LogP contribution in [0.5, 0.6) is 0 Å². The summed E-state index contributed by atoms with van der Waals surface area (Å²) in [4.78, 5) is 3.89. The van der Waals surface area contributed by atoms with Crippen molar-refractivity contribution in [2.24, 2.45) is 0 Å². The van der Waals surface area contributed by atoms with Crippen molar-refractivity contribution in [1.29, 1.82) is 0 Å². The van der Waals surface area contributed by atoms with E-state index in [1.165, 1.54) is 0 Å². The van der Waals surface area contributed by atoms with Gasteiger partial charge in [0.15, 0.2) is 0 Å². The topological polar surface area (TPSA) is 48.1 Å². The van der Waals surface area contributed by atoms with E-state index in [1.807, 2.05) is 12.1 Å². The number of ether oxygens (including phenoxy) is 1. The maximum atomic E-state index is 5.50. The summed E-state index contributed by atoms with van der Waals surface area (Å²) in [6.07, 6.45) is 2.74. The Labute approximate surface area is 72.6 Å². The average molecular weight is 166 g/mol. The molecule has 1 aromatic rings. The van der Waals surface area contributed by atoms with E-state index in [1.54, 1.807) is 6.20 Å². The van der Waals surface area contributed by atoms with Crippen LogP contribution in [-0.2, 0) is 11.3 Å². The summed E-state index contributed by atoms with van der Waals surface area (Å²) in [5.41, 5.74) is 6.58. The monoisotopic (exact) mass is 166 g/mol. The van der Waals surface area contributed by atoms with Crippen molar-refractivity contribution >= 4 is 5.82 Å². The number of aromatic nitrogens is 1. The van der Waals surface area contributed by atoms with E-state index in [9.17, 15) is 0 Å². The number of rotatable bonds is 4. The van der Waals surface area contributed by atoms with Crippen LogP contribution in [0, 0.1) is 0 Å². The lowest BCUT2D eigenvalue weighted by molar-refractivity contribution is 0.121. The zero-order valence-electron chi connectivity index (χ0n) is 7.29. The fraction of sp³-hybridized carbons (Fsp3) is 0.444. The molecular weight excluding hydrogens is 152 g/mol. The lowest BCUT2D eigenvalue weighted by Crippen LogP contribution is -1.96. The number of nitrogens with two attached hydrogens (primary N) is 1. The maximum Gasteiger partial charge on any atom is 0.123 e. The molecule has 0 aliphatic heterocycles. The molecular formula is C9H14N2O. The van der Waals surface area contributed by atoms with Gasteiger partial charge < -0.3 is 10.5 Å². The van der Waals surface area contributed by atoms with Gasteiger partial charge in [0.25, 0.3) is 0 Å². The number of nitrogen functional groups attached to an aromatic ring is 1. The molecule has 1 rings (SSSR count). The van der Waals surface area contributed by atoms with E-state index in [4.69, 9.17) is 10.5 Å². The van der Waals surface area contributed by atoms with Gasteiger partial charge in [-0.05, 0) is 24.1 Å². The Balaban J connectivity index is 2.41. The van der Waals surface area contributed by atoms with E-state index < -0.39 is 0 Å².